The van der Waals surface area contributed by atoms with E-state index in [4.69, 9.17) is 5.11 Å². The molecular formula is C20H34O5. The fourth-order valence-corrected chi connectivity index (χ4v) is 3.67. The Labute approximate surface area is 151 Å². The number of hydrogen-bond acceptors (Lipinski definition) is 4. The van der Waals surface area contributed by atoms with Gasteiger partial charge in [0.05, 0.1) is 12.2 Å². The third-order valence-electron chi connectivity index (χ3n) is 5.17. The monoisotopic (exact) mass is 354 g/mol. The summed E-state index contributed by atoms with van der Waals surface area (Å²) >= 11 is 0. The number of aliphatic hydroxyl groups is 2. The van der Waals surface area contributed by atoms with Crippen LogP contribution in [-0.4, -0.2) is 39.3 Å². The Balaban J connectivity index is 2.38. The van der Waals surface area contributed by atoms with Gasteiger partial charge in [-0.2, -0.15) is 0 Å². The molecule has 0 aliphatic heterocycles. The van der Waals surface area contributed by atoms with Gasteiger partial charge in [-0.1, -0.05) is 31.9 Å². The van der Waals surface area contributed by atoms with E-state index in [1.54, 1.807) is 0 Å². The second kappa shape index (κ2) is 12.2. The molecule has 0 unspecified atom stereocenters. The Hall–Kier alpha value is -1.20. The molecule has 5 nitrogen and oxygen atoms in total. The van der Waals surface area contributed by atoms with Crippen LogP contribution in [0.25, 0.3) is 0 Å². The number of rotatable bonds is 13. The van der Waals surface area contributed by atoms with Gasteiger partial charge in [0.15, 0.2) is 0 Å². The Kier molecular flexibility index (Phi) is 10.7. The molecule has 0 amide bonds. The van der Waals surface area contributed by atoms with Crippen LogP contribution in [0.3, 0.4) is 0 Å². The van der Waals surface area contributed by atoms with Crippen molar-refractivity contribution in [1.29, 1.82) is 0 Å². The number of carboxylic acid groups (broad SMARTS) is 1. The summed E-state index contributed by atoms with van der Waals surface area (Å²) in [5.41, 5.74) is 0. The highest BCUT2D eigenvalue weighted by Crippen LogP contribution is 2.38. The normalized spacial score (nSPS) is 26.4. The summed E-state index contributed by atoms with van der Waals surface area (Å²) in [6.45, 7) is 2.11. The lowest BCUT2D eigenvalue weighted by Gasteiger charge is -2.22. The average molecular weight is 354 g/mol. The van der Waals surface area contributed by atoms with Crippen molar-refractivity contribution in [2.75, 3.05) is 0 Å². The van der Waals surface area contributed by atoms with E-state index in [1.807, 2.05) is 12.2 Å². The predicted molar refractivity (Wildman–Crippen MR) is 97.2 cm³/mol. The number of carbonyl (C=O) groups is 2. The molecule has 0 aromatic rings. The van der Waals surface area contributed by atoms with Crippen molar-refractivity contribution < 1.29 is 24.9 Å². The first kappa shape index (κ1) is 21.8. The van der Waals surface area contributed by atoms with Gasteiger partial charge in [-0.3, -0.25) is 9.59 Å². The molecular weight excluding hydrogens is 320 g/mol. The second-order valence-electron chi connectivity index (χ2n) is 7.23. The summed E-state index contributed by atoms with van der Waals surface area (Å²) in [5, 5.41) is 29.0. The Morgan fingerprint density at radius 1 is 0.960 bits per heavy atom. The van der Waals surface area contributed by atoms with Crippen molar-refractivity contribution in [2.45, 2.75) is 89.8 Å². The third-order valence-corrected chi connectivity index (χ3v) is 5.17. The number of aliphatic hydroxyl groups excluding tert-OH is 2. The van der Waals surface area contributed by atoms with Gasteiger partial charge in [-0.25, -0.2) is 0 Å². The molecule has 0 saturated heterocycles. The highest BCUT2D eigenvalue weighted by atomic mass is 16.4. The topological polar surface area (TPSA) is 94.8 Å². The summed E-state index contributed by atoms with van der Waals surface area (Å²) in [5.74, 6) is -0.584. The number of aliphatic carboxylic acids is 1. The van der Waals surface area contributed by atoms with E-state index in [0.717, 1.165) is 19.3 Å². The molecule has 4 atom stereocenters. The van der Waals surface area contributed by atoms with Crippen molar-refractivity contribution in [1.82, 2.24) is 0 Å². The lowest BCUT2D eigenvalue weighted by Crippen LogP contribution is -2.22. The quantitative estimate of drug-likeness (QED) is 0.348. The summed E-state index contributed by atoms with van der Waals surface area (Å²) in [6.07, 6.45) is 10.2. The van der Waals surface area contributed by atoms with Gasteiger partial charge in [0.2, 0.25) is 0 Å². The molecule has 1 saturated carbocycles. The molecule has 1 fully saturated rings. The van der Waals surface area contributed by atoms with Gasteiger partial charge in [-0.15, -0.1) is 0 Å². The van der Waals surface area contributed by atoms with Gasteiger partial charge >= 0.3 is 5.97 Å². The molecule has 1 aliphatic rings. The van der Waals surface area contributed by atoms with Crippen LogP contribution < -0.4 is 0 Å². The predicted octanol–water partition coefficient (Wildman–Crippen LogP) is 3.48. The highest BCUT2D eigenvalue weighted by molar-refractivity contribution is 5.78. The van der Waals surface area contributed by atoms with Gasteiger partial charge in [-0.05, 0) is 50.4 Å². The van der Waals surface area contributed by atoms with E-state index in [2.05, 4.69) is 6.92 Å². The molecule has 0 spiro atoms. The first-order chi connectivity index (χ1) is 12.0. The van der Waals surface area contributed by atoms with Crippen LogP contribution in [0.15, 0.2) is 12.2 Å². The van der Waals surface area contributed by atoms with E-state index in [1.165, 1.54) is 0 Å². The minimum Gasteiger partial charge on any atom is -0.481 e. The van der Waals surface area contributed by atoms with Crippen molar-refractivity contribution >= 4 is 11.8 Å². The zero-order chi connectivity index (χ0) is 18.7. The molecule has 0 heterocycles. The first-order valence-electron chi connectivity index (χ1n) is 9.70. The zero-order valence-corrected chi connectivity index (χ0v) is 15.4. The maximum Gasteiger partial charge on any atom is 0.303 e. The van der Waals surface area contributed by atoms with Crippen LogP contribution in [0.4, 0.5) is 0 Å². The molecule has 3 N–H and O–H groups in total. The molecule has 0 aromatic carbocycles. The van der Waals surface area contributed by atoms with Crippen LogP contribution in [0, 0.1) is 11.8 Å². The molecule has 1 rings (SSSR count). The van der Waals surface area contributed by atoms with E-state index in [0.29, 0.717) is 44.9 Å². The van der Waals surface area contributed by atoms with E-state index in [9.17, 15) is 19.8 Å². The van der Waals surface area contributed by atoms with Crippen molar-refractivity contribution in [3.05, 3.63) is 12.2 Å². The van der Waals surface area contributed by atoms with Gasteiger partial charge in [0, 0.05) is 19.3 Å². The number of carboxylic acids is 1. The maximum absolute atomic E-state index is 12.0. The van der Waals surface area contributed by atoms with E-state index >= 15 is 0 Å². The Bertz CT molecular complexity index is 432. The van der Waals surface area contributed by atoms with Crippen LogP contribution in [0.2, 0.25) is 0 Å². The molecule has 0 radical (unpaired) electrons. The smallest absolute Gasteiger partial charge is 0.303 e. The number of ketones is 1. The number of allylic oxidation sites excluding steroid dienone is 2. The van der Waals surface area contributed by atoms with E-state index < -0.39 is 18.2 Å². The minimum atomic E-state index is -0.786. The van der Waals surface area contributed by atoms with Gasteiger partial charge in [0.25, 0.3) is 0 Å². The fourth-order valence-electron chi connectivity index (χ4n) is 3.67. The van der Waals surface area contributed by atoms with Crippen LogP contribution >= 0.6 is 0 Å². The van der Waals surface area contributed by atoms with E-state index in [-0.39, 0.29) is 24.0 Å². The number of carbonyl (C=O) groups excluding carboxylic acids is 1. The highest BCUT2D eigenvalue weighted by Gasteiger charge is 2.40. The van der Waals surface area contributed by atoms with Crippen LogP contribution in [0.5, 0.6) is 0 Å². The molecule has 25 heavy (non-hydrogen) atoms. The summed E-state index contributed by atoms with van der Waals surface area (Å²) in [7, 11) is 0. The summed E-state index contributed by atoms with van der Waals surface area (Å²) < 4.78 is 0. The van der Waals surface area contributed by atoms with Crippen molar-refractivity contribution in [2.24, 2.45) is 11.8 Å². The Morgan fingerprint density at radius 2 is 1.68 bits per heavy atom. The summed E-state index contributed by atoms with van der Waals surface area (Å²) in [4.78, 5) is 22.4. The number of unbranched alkanes of at least 4 members (excludes halogenated alkanes) is 3. The minimum absolute atomic E-state index is 0.0193. The lowest BCUT2D eigenvalue weighted by molar-refractivity contribution is -0.137. The van der Waals surface area contributed by atoms with Crippen molar-refractivity contribution in [3.63, 3.8) is 0 Å². The Morgan fingerprint density at radius 3 is 2.36 bits per heavy atom. The number of Topliss-reactive ketones (excluding diaryl/α,β-unsaturated/α-hetero) is 1. The molecule has 0 aromatic heterocycles. The van der Waals surface area contributed by atoms with Gasteiger partial charge in [0.1, 0.15) is 5.78 Å². The first-order valence-corrected chi connectivity index (χ1v) is 9.70. The maximum atomic E-state index is 12.0. The largest absolute Gasteiger partial charge is 0.481 e. The lowest BCUT2D eigenvalue weighted by atomic mass is 9.86. The number of hydrogen-bond donors (Lipinski definition) is 3. The average Bonchev–Trinajstić information content (AvgIpc) is 2.82. The molecule has 144 valence electrons. The fraction of sp³-hybridized carbons (Fsp3) is 0.800. The zero-order valence-electron chi connectivity index (χ0n) is 15.4. The van der Waals surface area contributed by atoms with Gasteiger partial charge < -0.3 is 15.3 Å². The standard InChI is InChI=1S/C20H34O5/c1-2-3-6-9-15(21)12-13-17-16(18(22)14-19(17)23)10-7-4-5-8-11-20(24)25/h4,7,16-19,22-23H,2-3,5-6,8-14H2,1H3,(H,24,25)/b7-4-/t16-,17-,18+,19+/m1/s1. The van der Waals surface area contributed by atoms with Crippen LogP contribution in [-0.2, 0) is 9.59 Å². The molecule has 0 bridgehead atoms. The SMILES string of the molecule is CCCCCC(=O)CC[C@@H]1[C@@H](C/C=C\CCCC(=O)O)[C@@H](O)C[C@@H]1O. The third kappa shape index (κ3) is 8.63. The molecule has 5 heteroatoms. The second-order valence-corrected chi connectivity index (χ2v) is 7.23. The van der Waals surface area contributed by atoms with Crippen molar-refractivity contribution in [3.8, 4) is 0 Å². The molecule has 1 aliphatic carbocycles. The summed E-state index contributed by atoms with van der Waals surface area (Å²) in [6, 6.07) is 0. The van der Waals surface area contributed by atoms with Crippen LogP contribution in [0.1, 0.15) is 77.6 Å².